The highest BCUT2D eigenvalue weighted by molar-refractivity contribution is 5.87. The van der Waals surface area contributed by atoms with Gasteiger partial charge in [-0.25, -0.2) is 4.79 Å². The highest BCUT2D eigenvalue weighted by Crippen LogP contribution is 1.96. The molecule has 0 radical (unpaired) electrons. The molecule has 6 heteroatoms. The van der Waals surface area contributed by atoms with Crippen molar-refractivity contribution in [2.75, 3.05) is 0 Å². The van der Waals surface area contributed by atoms with Crippen molar-refractivity contribution in [2.24, 2.45) is 0 Å². The smallest absolute Gasteiger partial charge is 0.341 e. The predicted octanol–water partition coefficient (Wildman–Crippen LogP) is 0.461. The van der Waals surface area contributed by atoms with Crippen LogP contribution in [0.15, 0.2) is 23.3 Å². The molecule has 0 fully saturated rings. The number of carbonyl (C=O) groups excluding carboxylic acids is 1. The number of rotatable bonds is 5. The van der Waals surface area contributed by atoms with Gasteiger partial charge in [0.25, 0.3) is 0 Å². The summed E-state index contributed by atoms with van der Waals surface area (Å²) in [7, 11) is 0. The maximum absolute atomic E-state index is 11.4. The summed E-state index contributed by atoms with van der Waals surface area (Å²) in [6.07, 6.45) is 2.95. The Labute approximate surface area is 104 Å². The van der Waals surface area contributed by atoms with Gasteiger partial charge in [-0.2, -0.15) is 0 Å². The minimum atomic E-state index is -1.26. The fourth-order valence-electron chi connectivity index (χ4n) is 1.45. The van der Waals surface area contributed by atoms with Crippen LogP contribution in [0.1, 0.15) is 30.6 Å². The summed E-state index contributed by atoms with van der Waals surface area (Å²) in [5, 5.41) is 11.5. The van der Waals surface area contributed by atoms with Crippen LogP contribution in [0.25, 0.3) is 0 Å². The van der Waals surface area contributed by atoms with Gasteiger partial charge in [0.05, 0.1) is 0 Å². The second kappa shape index (κ2) is 6.00. The molecule has 0 atom stereocenters. The molecule has 0 aromatic carbocycles. The molecule has 18 heavy (non-hydrogen) atoms. The van der Waals surface area contributed by atoms with Crippen LogP contribution in [0.2, 0.25) is 0 Å². The molecular formula is C12H16N2O4. The summed E-state index contributed by atoms with van der Waals surface area (Å²) in [5.74, 6) is -1.37. The first-order valence-electron chi connectivity index (χ1n) is 5.63. The molecule has 0 saturated heterocycles. The predicted molar refractivity (Wildman–Crippen MR) is 65.6 cm³/mol. The fraction of sp³-hybridized carbons (Fsp3) is 0.417. The zero-order valence-electron chi connectivity index (χ0n) is 10.3. The third-order valence-electron chi connectivity index (χ3n) is 2.25. The highest BCUT2D eigenvalue weighted by Gasteiger charge is 2.09. The number of hydrogen-bond acceptors (Lipinski definition) is 3. The van der Waals surface area contributed by atoms with Crippen molar-refractivity contribution < 1.29 is 14.7 Å². The highest BCUT2D eigenvalue weighted by atomic mass is 16.4. The molecule has 0 bridgehead atoms. The van der Waals surface area contributed by atoms with E-state index in [2.05, 4.69) is 5.32 Å². The number of amides is 1. The number of carbonyl (C=O) groups is 2. The van der Waals surface area contributed by atoms with Crippen molar-refractivity contribution in [1.82, 2.24) is 9.88 Å². The van der Waals surface area contributed by atoms with Gasteiger partial charge >= 0.3 is 5.97 Å². The normalized spacial score (nSPS) is 10.4. The van der Waals surface area contributed by atoms with Crippen LogP contribution in [0.5, 0.6) is 0 Å². The number of aromatic carboxylic acids is 1. The average Bonchev–Trinajstić information content (AvgIpc) is 2.26. The lowest BCUT2D eigenvalue weighted by Gasteiger charge is -2.10. The lowest BCUT2D eigenvalue weighted by atomic mass is 10.2. The van der Waals surface area contributed by atoms with Crippen LogP contribution in [0.4, 0.5) is 0 Å². The molecule has 2 N–H and O–H groups in total. The van der Waals surface area contributed by atoms with E-state index in [9.17, 15) is 14.4 Å². The van der Waals surface area contributed by atoms with Crippen molar-refractivity contribution in [3.63, 3.8) is 0 Å². The Morgan fingerprint density at radius 3 is 2.67 bits per heavy atom. The molecule has 0 spiro atoms. The number of nitrogens with zero attached hydrogens (tertiary/aromatic N) is 1. The van der Waals surface area contributed by atoms with Gasteiger partial charge in [0.15, 0.2) is 5.43 Å². The molecule has 0 unspecified atom stereocenters. The molecule has 6 nitrogen and oxygen atoms in total. The average molecular weight is 252 g/mol. The van der Waals surface area contributed by atoms with Crippen molar-refractivity contribution in [2.45, 2.75) is 32.9 Å². The first-order valence-corrected chi connectivity index (χ1v) is 5.63. The van der Waals surface area contributed by atoms with Crippen LogP contribution >= 0.6 is 0 Å². The molecule has 1 amide bonds. The Bertz CT molecular complexity index is 505. The maximum Gasteiger partial charge on any atom is 0.341 e. The molecule has 1 rings (SSSR count). The fourth-order valence-corrected chi connectivity index (χ4v) is 1.45. The topological polar surface area (TPSA) is 88.4 Å². The largest absolute Gasteiger partial charge is 0.477 e. The Morgan fingerprint density at radius 1 is 1.44 bits per heavy atom. The molecule has 98 valence electrons. The van der Waals surface area contributed by atoms with E-state index in [0.717, 1.165) is 0 Å². The Balaban J connectivity index is 2.69. The number of carboxylic acid groups (broad SMARTS) is 1. The molecule has 1 aromatic heterocycles. The SMILES string of the molecule is CC(C)NC(=O)CCn1ccc(=O)c(C(=O)O)c1. The molecule has 0 saturated carbocycles. The van der Waals surface area contributed by atoms with E-state index >= 15 is 0 Å². The van der Waals surface area contributed by atoms with Gasteiger partial charge in [0, 0.05) is 37.5 Å². The number of hydrogen-bond donors (Lipinski definition) is 2. The number of aromatic nitrogens is 1. The monoisotopic (exact) mass is 252 g/mol. The van der Waals surface area contributed by atoms with Crippen molar-refractivity contribution in [3.8, 4) is 0 Å². The minimum Gasteiger partial charge on any atom is -0.477 e. The maximum atomic E-state index is 11.4. The Hall–Kier alpha value is -2.11. The third kappa shape index (κ3) is 4.04. The number of pyridine rings is 1. The number of carboxylic acids is 1. The van der Waals surface area contributed by atoms with E-state index in [1.54, 1.807) is 0 Å². The van der Waals surface area contributed by atoms with Crippen molar-refractivity contribution in [1.29, 1.82) is 0 Å². The van der Waals surface area contributed by atoms with Crippen LogP contribution in [-0.4, -0.2) is 27.6 Å². The summed E-state index contributed by atoms with van der Waals surface area (Å²) in [4.78, 5) is 33.4. The number of nitrogens with one attached hydrogen (secondary N) is 1. The molecule has 0 aliphatic rings. The van der Waals surface area contributed by atoms with Gasteiger partial charge in [-0.3, -0.25) is 9.59 Å². The van der Waals surface area contributed by atoms with Crippen LogP contribution in [-0.2, 0) is 11.3 Å². The van der Waals surface area contributed by atoms with Gasteiger partial charge < -0.3 is 15.0 Å². The van der Waals surface area contributed by atoms with Crippen molar-refractivity contribution in [3.05, 3.63) is 34.2 Å². The van der Waals surface area contributed by atoms with E-state index in [1.807, 2.05) is 13.8 Å². The van der Waals surface area contributed by atoms with Gasteiger partial charge in [0.1, 0.15) is 5.56 Å². The first kappa shape index (κ1) is 14.0. The van der Waals surface area contributed by atoms with Crippen LogP contribution in [0, 0.1) is 0 Å². The minimum absolute atomic E-state index is 0.0705. The summed E-state index contributed by atoms with van der Waals surface area (Å²) in [5.41, 5.74) is -0.827. The van der Waals surface area contributed by atoms with Gasteiger partial charge in [0.2, 0.25) is 5.91 Å². The number of aryl methyl sites for hydroxylation is 1. The second-order valence-corrected chi connectivity index (χ2v) is 4.24. The standard InChI is InChI=1S/C12H16N2O4/c1-8(2)13-11(16)4-6-14-5-3-10(15)9(7-14)12(17)18/h3,5,7-8H,4,6H2,1-2H3,(H,13,16)(H,17,18). The summed E-state index contributed by atoms with van der Waals surface area (Å²) >= 11 is 0. The molecule has 0 aliphatic carbocycles. The van der Waals surface area contributed by atoms with E-state index in [-0.39, 0.29) is 23.9 Å². The first-order chi connectivity index (χ1) is 8.40. The zero-order valence-corrected chi connectivity index (χ0v) is 10.3. The van der Waals surface area contributed by atoms with E-state index in [1.165, 1.54) is 23.0 Å². The van der Waals surface area contributed by atoms with Gasteiger partial charge in [-0.1, -0.05) is 0 Å². The van der Waals surface area contributed by atoms with Crippen LogP contribution in [0.3, 0.4) is 0 Å². The molecule has 1 heterocycles. The van der Waals surface area contributed by atoms with Crippen LogP contribution < -0.4 is 10.7 Å². The molecule has 1 aromatic rings. The Kier molecular flexibility index (Phi) is 4.65. The van der Waals surface area contributed by atoms with E-state index in [0.29, 0.717) is 6.54 Å². The molecular weight excluding hydrogens is 236 g/mol. The Morgan fingerprint density at radius 2 is 2.11 bits per heavy atom. The third-order valence-corrected chi connectivity index (χ3v) is 2.25. The quantitative estimate of drug-likeness (QED) is 0.796. The van der Waals surface area contributed by atoms with E-state index in [4.69, 9.17) is 5.11 Å². The van der Waals surface area contributed by atoms with Crippen molar-refractivity contribution >= 4 is 11.9 Å². The lowest BCUT2D eigenvalue weighted by molar-refractivity contribution is -0.121. The summed E-state index contributed by atoms with van der Waals surface area (Å²) in [6, 6.07) is 1.25. The molecule has 0 aliphatic heterocycles. The second-order valence-electron chi connectivity index (χ2n) is 4.24. The zero-order chi connectivity index (χ0) is 13.7. The van der Waals surface area contributed by atoms with Gasteiger partial charge in [-0.05, 0) is 13.8 Å². The summed E-state index contributed by atoms with van der Waals surface area (Å²) in [6.45, 7) is 4.05. The summed E-state index contributed by atoms with van der Waals surface area (Å²) < 4.78 is 1.52. The van der Waals surface area contributed by atoms with Gasteiger partial charge in [-0.15, -0.1) is 0 Å². The van der Waals surface area contributed by atoms with E-state index < -0.39 is 11.4 Å². The lowest BCUT2D eigenvalue weighted by Crippen LogP contribution is -2.30.